The minimum absolute atomic E-state index is 0.0738. The largest absolute Gasteiger partial charge is 0.462 e. The number of benzene rings is 3. The summed E-state index contributed by atoms with van der Waals surface area (Å²) >= 11 is 0. The first-order valence-corrected chi connectivity index (χ1v) is 12.9. The summed E-state index contributed by atoms with van der Waals surface area (Å²) < 4.78 is 48.5. The number of rotatable bonds is 8. The van der Waals surface area contributed by atoms with Crippen molar-refractivity contribution < 1.29 is 36.9 Å². The van der Waals surface area contributed by atoms with E-state index in [2.05, 4.69) is 36.3 Å². The van der Waals surface area contributed by atoms with E-state index in [0.717, 1.165) is 6.08 Å². The number of nitrogens with zero attached hydrogens (tertiary/aromatic N) is 4. The molecule has 0 aliphatic heterocycles. The molecule has 0 saturated heterocycles. The number of aryl methyl sites for hydroxylation is 2. The van der Waals surface area contributed by atoms with Crippen molar-refractivity contribution in [1.82, 2.24) is 20.3 Å². The van der Waals surface area contributed by atoms with Crippen molar-refractivity contribution in [2.75, 3.05) is 13.2 Å². The third-order valence-electron chi connectivity index (χ3n) is 5.87. The molecule has 0 atom stereocenters. The number of esters is 2. The van der Waals surface area contributed by atoms with Crippen molar-refractivity contribution >= 4 is 11.9 Å². The van der Waals surface area contributed by atoms with E-state index in [-0.39, 0.29) is 53.7 Å². The van der Waals surface area contributed by atoms with Crippen LogP contribution in [0, 0.1) is 25.5 Å². The van der Waals surface area contributed by atoms with Gasteiger partial charge < -0.3 is 18.5 Å². The molecular formula is C31H26F2N4O6. The first-order valence-electron chi connectivity index (χ1n) is 12.9. The first-order chi connectivity index (χ1) is 20.7. The molecule has 2 heterocycles. The molecule has 0 N–H and O–H groups in total. The summed E-state index contributed by atoms with van der Waals surface area (Å²) in [5.74, 6) is -0.954. The maximum absolute atomic E-state index is 14.4. The van der Waals surface area contributed by atoms with Gasteiger partial charge in [0.25, 0.3) is 11.8 Å². The standard InChI is InChI=1S/C24H16F2N4O2.C7H10O4/c1-13-6-3-10-17(19(13)25)21-27-23(31-29-21)15-8-5-9-16(12-15)24-28-22(30-32-24)18-11-4-7-14(2)20(18)26;1-3-7(9)11-5-4-10-6(2)8/h3-12H,1-2H3;3H,1,4-5H2,2H3. The third kappa shape index (κ3) is 7.61. The highest BCUT2D eigenvalue weighted by atomic mass is 19.1. The van der Waals surface area contributed by atoms with Gasteiger partial charge in [0.1, 0.15) is 24.8 Å². The average molecular weight is 589 g/mol. The van der Waals surface area contributed by atoms with E-state index in [1.165, 1.54) is 6.92 Å². The van der Waals surface area contributed by atoms with Crippen LogP contribution in [0.2, 0.25) is 0 Å². The molecule has 0 unspecified atom stereocenters. The monoisotopic (exact) mass is 588 g/mol. The molecule has 5 aromatic rings. The molecule has 220 valence electrons. The van der Waals surface area contributed by atoms with Crippen LogP contribution in [0.5, 0.6) is 0 Å². The number of carbonyl (C=O) groups is 2. The topological polar surface area (TPSA) is 130 Å². The van der Waals surface area contributed by atoms with Crippen LogP contribution in [-0.4, -0.2) is 45.4 Å². The fraction of sp³-hybridized carbons (Fsp3) is 0.161. The summed E-state index contributed by atoms with van der Waals surface area (Å²) in [6, 6.07) is 17.0. The van der Waals surface area contributed by atoms with Gasteiger partial charge in [0.15, 0.2) is 0 Å². The molecule has 10 nitrogen and oxygen atoms in total. The zero-order valence-corrected chi connectivity index (χ0v) is 23.5. The number of hydrogen-bond donors (Lipinski definition) is 0. The van der Waals surface area contributed by atoms with E-state index in [1.54, 1.807) is 74.5 Å². The number of halogens is 2. The summed E-state index contributed by atoms with van der Waals surface area (Å²) in [5, 5.41) is 7.82. The Morgan fingerprint density at radius 1 is 0.791 bits per heavy atom. The number of aromatic nitrogens is 4. The predicted octanol–water partition coefficient (Wildman–Crippen LogP) is 6.29. The Hall–Kier alpha value is -5.52. The molecule has 0 aliphatic carbocycles. The lowest BCUT2D eigenvalue weighted by molar-refractivity contribution is -0.147. The van der Waals surface area contributed by atoms with Gasteiger partial charge in [-0.3, -0.25) is 4.79 Å². The summed E-state index contributed by atoms with van der Waals surface area (Å²) in [7, 11) is 0. The maximum Gasteiger partial charge on any atom is 0.330 e. The Morgan fingerprint density at radius 2 is 1.26 bits per heavy atom. The van der Waals surface area contributed by atoms with Gasteiger partial charge in [-0.1, -0.05) is 47.2 Å². The van der Waals surface area contributed by atoms with Crippen molar-refractivity contribution in [3.8, 4) is 45.7 Å². The highest BCUT2D eigenvalue weighted by molar-refractivity contribution is 5.81. The lowest BCUT2D eigenvalue weighted by Gasteiger charge is -2.01. The molecule has 3 aromatic carbocycles. The van der Waals surface area contributed by atoms with Gasteiger partial charge in [0.2, 0.25) is 11.6 Å². The van der Waals surface area contributed by atoms with Gasteiger partial charge >= 0.3 is 11.9 Å². The smallest absolute Gasteiger partial charge is 0.330 e. The van der Waals surface area contributed by atoms with Crippen LogP contribution in [0.25, 0.3) is 45.7 Å². The normalized spacial score (nSPS) is 10.4. The number of hydrogen-bond acceptors (Lipinski definition) is 10. The fourth-order valence-electron chi connectivity index (χ4n) is 3.71. The lowest BCUT2D eigenvalue weighted by Crippen LogP contribution is -2.10. The zero-order valence-electron chi connectivity index (χ0n) is 23.5. The van der Waals surface area contributed by atoms with E-state index in [0.29, 0.717) is 22.3 Å². The number of carbonyl (C=O) groups excluding carboxylic acids is 2. The van der Waals surface area contributed by atoms with Crippen molar-refractivity contribution in [3.05, 3.63) is 96.1 Å². The van der Waals surface area contributed by atoms with Crippen LogP contribution in [0.3, 0.4) is 0 Å². The molecule has 0 bridgehead atoms. The van der Waals surface area contributed by atoms with E-state index >= 15 is 0 Å². The second kappa shape index (κ2) is 13.9. The van der Waals surface area contributed by atoms with Gasteiger partial charge in [-0.2, -0.15) is 9.97 Å². The molecular weight excluding hydrogens is 562 g/mol. The van der Waals surface area contributed by atoms with Crippen LogP contribution in [0.4, 0.5) is 8.78 Å². The Kier molecular flexibility index (Phi) is 9.84. The molecule has 43 heavy (non-hydrogen) atoms. The molecule has 0 spiro atoms. The predicted molar refractivity (Wildman–Crippen MR) is 151 cm³/mol. The molecule has 2 aromatic heterocycles. The molecule has 0 amide bonds. The molecule has 5 rings (SSSR count). The van der Waals surface area contributed by atoms with Crippen LogP contribution >= 0.6 is 0 Å². The van der Waals surface area contributed by atoms with Crippen molar-refractivity contribution in [2.45, 2.75) is 20.8 Å². The minimum Gasteiger partial charge on any atom is -0.462 e. The quantitative estimate of drug-likeness (QED) is 0.116. The fourth-order valence-corrected chi connectivity index (χ4v) is 3.71. The van der Waals surface area contributed by atoms with Crippen LogP contribution in [-0.2, 0) is 19.1 Å². The second-order valence-electron chi connectivity index (χ2n) is 9.01. The van der Waals surface area contributed by atoms with E-state index < -0.39 is 17.6 Å². The summed E-state index contributed by atoms with van der Waals surface area (Å²) in [4.78, 5) is 29.2. The highest BCUT2D eigenvalue weighted by Crippen LogP contribution is 2.30. The van der Waals surface area contributed by atoms with Gasteiger partial charge in [-0.05, 0) is 55.3 Å². The summed E-state index contributed by atoms with van der Waals surface area (Å²) in [6.45, 7) is 7.99. The molecule has 12 heteroatoms. The Labute approximate surface area is 245 Å². The van der Waals surface area contributed by atoms with E-state index in [4.69, 9.17) is 9.05 Å². The van der Waals surface area contributed by atoms with Crippen molar-refractivity contribution in [3.63, 3.8) is 0 Å². The molecule has 0 saturated carbocycles. The van der Waals surface area contributed by atoms with E-state index in [1.807, 2.05) is 0 Å². The molecule has 0 aliphatic rings. The minimum atomic E-state index is -0.517. The van der Waals surface area contributed by atoms with Crippen molar-refractivity contribution in [1.29, 1.82) is 0 Å². The second-order valence-corrected chi connectivity index (χ2v) is 9.01. The first kappa shape index (κ1) is 30.4. The summed E-state index contributed by atoms with van der Waals surface area (Å²) in [5.41, 5.74) is 2.70. The Bertz CT molecular complexity index is 1660. The Balaban J connectivity index is 0.000000330. The molecule has 0 radical (unpaired) electrons. The lowest BCUT2D eigenvalue weighted by atomic mass is 10.1. The van der Waals surface area contributed by atoms with Gasteiger partial charge in [-0.15, -0.1) is 0 Å². The maximum atomic E-state index is 14.4. The highest BCUT2D eigenvalue weighted by Gasteiger charge is 2.18. The van der Waals surface area contributed by atoms with Gasteiger partial charge in [0.05, 0.1) is 11.1 Å². The number of ether oxygens (including phenoxy) is 2. The Morgan fingerprint density at radius 3 is 1.72 bits per heavy atom. The van der Waals surface area contributed by atoms with Gasteiger partial charge in [-0.25, -0.2) is 13.6 Å². The van der Waals surface area contributed by atoms with Crippen LogP contribution < -0.4 is 0 Å². The van der Waals surface area contributed by atoms with Crippen LogP contribution in [0.1, 0.15) is 18.1 Å². The van der Waals surface area contributed by atoms with Gasteiger partial charge in [0, 0.05) is 24.1 Å². The SMILES string of the molecule is C=CC(=O)OCCOC(C)=O.Cc1cccc(-c2noc(-c3cccc(-c4nc(-c5cccc(C)c5F)no4)c3)n2)c1F. The van der Waals surface area contributed by atoms with Crippen molar-refractivity contribution in [2.24, 2.45) is 0 Å². The molecule has 0 fully saturated rings. The summed E-state index contributed by atoms with van der Waals surface area (Å²) in [6.07, 6.45) is 1.05. The zero-order chi connectivity index (χ0) is 30.9. The van der Waals surface area contributed by atoms with E-state index in [9.17, 15) is 18.4 Å². The van der Waals surface area contributed by atoms with Crippen LogP contribution in [0.15, 0.2) is 82.4 Å². The average Bonchev–Trinajstić information content (AvgIpc) is 3.69. The third-order valence-corrected chi connectivity index (χ3v) is 5.87.